The second-order valence-electron chi connectivity index (χ2n) is 6.39. The molecule has 3 aromatic rings. The topological polar surface area (TPSA) is 85.0 Å². The van der Waals surface area contributed by atoms with Gasteiger partial charge in [-0.05, 0) is 43.9 Å². The second-order valence-corrected chi connectivity index (χ2v) is 6.92. The lowest BCUT2D eigenvalue weighted by molar-refractivity contribution is 0.0710. The van der Waals surface area contributed by atoms with Crippen LogP contribution in [0.15, 0.2) is 22.7 Å². The molecule has 0 radical (unpaired) electrons. The molecule has 0 bridgehead atoms. The minimum Gasteiger partial charge on any atom is -0.337 e. The zero-order valence-electron chi connectivity index (χ0n) is 12.9. The standard InChI is InChI=1S/C16H15N5O2S/c22-16(10-5-6-11-12(8-10)20-24-19-11)21-7-1-2-13(21)15-17-14(18-23-15)9-3-4-9/h5-6,8-9,13H,1-4,7H2. The number of rotatable bonds is 3. The van der Waals surface area contributed by atoms with E-state index in [9.17, 15) is 4.79 Å². The lowest BCUT2D eigenvalue weighted by Gasteiger charge is -2.21. The predicted molar refractivity (Wildman–Crippen MR) is 86.7 cm³/mol. The van der Waals surface area contributed by atoms with Crippen molar-refractivity contribution in [1.29, 1.82) is 0 Å². The van der Waals surface area contributed by atoms with E-state index in [4.69, 9.17) is 4.52 Å². The van der Waals surface area contributed by atoms with Crippen LogP contribution in [0.4, 0.5) is 0 Å². The maximum absolute atomic E-state index is 12.9. The van der Waals surface area contributed by atoms with Gasteiger partial charge in [0.15, 0.2) is 5.82 Å². The average molecular weight is 341 g/mol. The lowest BCUT2D eigenvalue weighted by Crippen LogP contribution is -2.30. The van der Waals surface area contributed by atoms with Gasteiger partial charge >= 0.3 is 0 Å². The summed E-state index contributed by atoms with van der Waals surface area (Å²) in [7, 11) is 0. The molecule has 1 amide bonds. The van der Waals surface area contributed by atoms with E-state index in [-0.39, 0.29) is 11.9 Å². The van der Waals surface area contributed by atoms with Gasteiger partial charge in [-0.15, -0.1) is 0 Å². The summed E-state index contributed by atoms with van der Waals surface area (Å²) in [4.78, 5) is 19.3. The first-order valence-corrected chi connectivity index (χ1v) is 8.89. The van der Waals surface area contributed by atoms with Crippen molar-refractivity contribution >= 4 is 28.7 Å². The number of fused-ring (bicyclic) bond motifs is 1. The van der Waals surface area contributed by atoms with E-state index in [1.165, 1.54) is 0 Å². The van der Waals surface area contributed by atoms with Gasteiger partial charge in [-0.3, -0.25) is 4.79 Å². The number of benzene rings is 1. The molecule has 1 aliphatic heterocycles. The molecule has 2 aromatic heterocycles. The van der Waals surface area contributed by atoms with E-state index in [0.717, 1.165) is 54.3 Å². The number of carbonyl (C=O) groups excluding carboxylic acids is 1. The third kappa shape index (κ3) is 2.29. The summed E-state index contributed by atoms with van der Waals surface area (Å²) in [6, 6.07) is 5.33. The maximum atomic E-state index is 12.9. The molecule has 24 heavy (non-hydrogen) atoms. The van der Waals surface area contributed by atoms with Crippen molar-refractivity contribution < 1.29 is 9.32 Å². The summed E-state index contributed by atoms with van der Waals surface area (Å²) in [6.07, 6.45) is 4.07. The number of hydrogen-bond acceptors (Lipinski definition) is 7. The number of carbonyl (C=O) groups is 1. The fourth-order valence-corrected chi connectivity index (χ4v) is 3.75. The van der Waals surface area contributed by atoms with Gasteiger partial charge in [-0.1, -0.05) is 5.16 Å². The van der Waals surface area contributed by atoms with Gasteiger partial charge in [0.2, 0.25) is 5.89 Å². The van der Waals surface area contributed by atoms with Crippen LogP contribution < -0.4 is 0 Å². The molecule has 1 saturated heterocycles. The van der Waals surface area contributed by atoms with E-state index >= 15 is 0 Å². The molecule has 0 spiro atoms. The molecule has 8 heteroatoms. The normalized spacial score (nSPS) is 20.8. The summed E-state index contributed by atoms with van der Waals surface area (Å²) in [6.45, 7) is 0.706. The first kappa shape index (κ1) is 14.0. The molecule has 1 aromatic carbocycles. The molecule has 7 nitrogen and oxygen atoms in total. The van der Waals surface area contributed by atoms with Crippen molar-refractivity contribution in [2.24, 2.45) is 0 Å². The van der Waals surface area contributed by atoms with Crippen molar-refractivity contribution in [2.75, 3.05) is 6.54 Å². The summed E-state index contributed by atoms with van der Waals surface area (Å²) in [5.41, 5.74) is 2.21. The van der Waals surface area contributed by atoms with Gasteiger partial charge in [-0.2, -0.15) is 13.7 Å². The largest absolute Gasteiger partial charge is 0.337 e. The van der Waals surface area contributed by atoms with E-state index < -0.39 is 0 Å². The Morgan fingerprint density at radius 3 is 2.96 bits per heavy atom. The molecular weight excluding hydrogens is 326 g/mol. The highest BCUT2D eigenvalue weighted by Crippen LogP contribution is 2.40. The molecular formula is C16H15N5O2S. The maximum Gasteiger partial charge on any atom is 0.254 e. The Bertz CT molecular complexity index is 916. The van der Waals surface area contributed by atoms with Crippen molar-refractivity contribution in [3.63, 3.8) is 0 Å². The van der Waals surface area contributed by atoms with E-state index in [2.05, 4.69) is 18.9 Å². The van der Waals surface area contributed by atoms with E-state index in [1.54, 1.807) is 6.07 Å². The Hall–Kier alpha value is -2.35. The molecule has 5 rings (SSSR count). The Morgan fingerprint density at radius 2 is 2.08 bits per heavy atom. The van der Waals surface area contributed by atoms with Crippen LogP contribution in [0, 0.1) is 0 Å². The van der Waals surface area contributed by atoms with Crippen molar-refractivity contribution in [1.82, 2.24) is 23.8 Å². The van der Waals surface area contributed by atoms with Crippen molar-refractivity contribution in [3.8, 4) is 0 Å². The average Bonchev–Trinajstić information content (AvgIpc) is 3.06. The highest BCUT2D eigenvalue weighted by atomic mass is 32.1. The Labute approximate surface area is 142 Å². The monoisotopic (exact) mass is 341 g/mol. The minimum atomic E-state index is -0.123. The van der Waals surface area contributed by atoms with Crippen LogP contribution in [0.3, 0.4) is 0 Å². The predicted octanol–water partition coefficient (Wildman–Crippen LogP) is 2.93. The van der Waals surface area contributed by atoms with Gasteiger partial charge < -0.3 is 9.42 Å². The summed E-state index contributed by atoms with van der Waals surface area (Å²) >= 11 is 1.16. The Balaban J connectivity index is 1.43. The first-order chi connectivity index (χ1) is 11.8. The zero-order chi connectivity index (χ0) is 16.1. The van der Waals surface area contributed by atoms with Crippen LogP contribution in [-0.2, 0) is 0 Å². The molecule has 0 N–H and O–H groups in total. The van der Waals surface area contributed by atoms with Crippen LogP contribution in [0.25, 0.3) is 11.0 Å². The molecule has 1 saturated carbocycles. The fourth-order valence-electron chi connectivity index (χ4n) is 3.24. The van der Waals surface area contributed by atoms with Crippen LogP contribution in [0.5, 0.6) is 0 Å². The number of likely N-dealkylation sites (tertiary alicyclic amines) is 1. The van der Waals surface area contributed by atoms with Gasteiger partial charge in [0.05, 0.1) is 11.7 Å². The molecule has 1 unspecified atom stereocenters. The summed E-state index contributed by atoms with van der Waals surface area (Å²) in [5, 5.41) is 4.08. The smallest absolute Gasteiger partial charge is 0.254 e. The van der Waals surface area contributed by atoms with Crippen LogP contribution in [-0.4, -0.2) is 36.2 Å². The molecule has 3 heterocycles. The zero-order valence-corrected chi connectivity index (χ0v) is 13.7. The molecule has 1 atom stereocenters. The third-order valence-electron chi connectivity index (χ3n) is 4.70. The van der Waals surface area contributed by atoms with Gasteiger partial charge in [0.25, 0.3) is 5.91 Å². The number of nitrogens with zero attached hydrogens (tertiary/aromatic N) is 5. The molecule has 2 fully saturated rings. The Morgan fingerprint density at radius 1 is 1.21 bits per heavy atom. The highest BCUT2D eigenvalue weighted by molar-refractivity contribution is 7.00. The van der Waals surface area contributed by atoms with Gasteiger partial charge in [0.1, 0.15) is 17.1 Å². The van der Waals surface area contributed by atoms with Crippen molar-refractivity contribution in [3.05, 3.63) is 35.5 Å². The number of aromatic nitrogens is 4. The SMILES string of the molecule is O=C(c1ccc2nsnc2c1)N1CCCC1c1nc(C2CC2)no1. The first-order valence-electron chi connectivity index (χ1n) is 8.16. The summed E-state index contributed by atoms with van der Waals surface area (Å²) < 4.78 is 13.8. The fraction of sp³-hybridized carbons (Fsp3) is 0.438. The number of hydrogen-bond donors (Lipinski definition) is 0. The molecule has 2 aliphatic rings. The number of amides is 1. The van der Waals surface area contributed by atoms with Crippen LogP contribution in [0.1, 0.15) is 59.7 Å². The minimum absolute atomic E-state index is 0.0152. The molecule has 122 valence electrons. The van der Waals surface area contributed by atoms with Gasteiger partial charge in [0, 0.05) is 18.0 Å². The third-order valence-corrected chi connectivity index (χ3v) is 5.26. The van der Waals surface area contributed by atoms with Crippen LogP contribution in [0.2, 0.25) is 0 Å². The summed E-state index contributed by atoms with van der Waals surface area (Å²) in [5.74, 6) is 1.80. The van der Waals surface area contributed by atoms with Crippen molar-refractivity contribution in [2.45, 2.75) is 37.6 Å². The Kier molecular flexibility index (Phi) is 3.12. The van der Waals surface area contributed by atoms with E-state index in [1.807, 2.05) is 17.0 Å². The van der Waals surface area contributed by atoms with E-state index in [0.29, 0.717) is 23.9 Å². The quantitative estimate of drug-likeness (QED) is 0.728. The lowest BCUT2D eigenvalue weighted by atomic mass is 10.1. The molecule has 1 aliphatic carbocycles. The second kappa shape index (κ2) is 5.34. The van der Waals surface area contributed by atoms with Gasteiger partial charge in [-0.25, -0.2) is 0 Å². The van der Waals surface area contributed by atoms with Crippen LogP contribution >= 0.6 is 11.7 Å². The highest BCUT2D eigenvalue weighted by Gasteiger charge is 2.36.